The minimum Gasteiger partial charge on any atom is -0.306 e. The molecule has 1 nitrogen and oxygen atoms in total. The Morgan fingerprint density at radius 3 is 2.40 bits per heavy atom. The maximum Gasteiger partial charge on any atom is 0.00380 e. The quantitative estimate of drug-likeness (QED) is 0.494. The van der Waals surface area contributed by atoms with Gasteiger partial charge in [-0.05, 0) is 44.2 Å². The van der Waals surface area contributed by atoms with Crippen molar-refractivity contribution in [2.24, 2.45) is 11.3 Å². The fraction of sp³-hybridized carbons (Fsp3) is 1.00. The van der Waals surface area contributed by atoms with E-state index in [1.807, 2.05) is 0 Å². The van der Waals surface area contributed by atoms with Gasteiger partial charge in [0.1, 0.15) is 0 Å². The molecule has 1 aliphatic heterocycles. The van der Waals surface area contributed by atoms with Gasteiger partial charge in [0.05, 0.1) is 0 Å². The third kappa shape index (κ3) is 0.731. The van der Waals surface area contributed by atoms with Crippen LogP contribution >= 0.6 is 0 Å². The first kappa shape index (κ1) is 6.66. The van der Waals surface area contributed by atoms with Crippen molar-refractivity contribution in [1.29, 1.82) is 0 Å². The minimum absolute atomic E-state index is 0.773. The molecule has 0 aromatic rings. The summed E-state index contributed by atoms with van der Waals surface area (Å²) in [6.07, 6.45) is 4.44. The molecule has 1 heterocycles. The van der Waals surface area contributed by atoms with Crippen molar-refractivity contribution >= 4 is 0 Å². The van der Waals surface area contributed by atoms with E-state index in [-0.39, 0.29) is 0 Å². The number of hydrogen-bond donors (Lipinski definition) is 0. The molecule has 1 saturated heterocycles. The normalized spacial score (nSPS) is 48.0. The van der Waals surface area contributed by atoms with Crippen LogP contribution in [0.4, 0.5) is 0 Å². The van der Waals surface area contributed by atoms with Gasteiger partial charge < -0.3 is 4.90 Å². The molecule has 2 aliphatic rings. The van der Waals surface area contributed by atoms with Crippen molar-refractivity contribution in [3.05, 3.63) is 0 Å². The van der Waals surface area contributed by atoms with Crippen LogP contribution in [0.15, 0.2) is 0 Å². The van der Waals surface area contributed by atoms with E-state index in [2.05, 4.69) is 18.9 Å². The molecule has 0 amide bonds. The van der Waals surface area contributed by atoms with Crippen LogP contribution in [0.25, 0.3) is 0 Å². The third-order valence-corrected chi connectivity index (χ3v) is 3.70. The van der Waals surface area contributed by atoms with Crippen molar-refractivity contribution < 1.29 is 0 Å². The van der Waals surface area contributed by atoms with E-state index in [4.69, 9.17) is 0 Å². The molecule has 0 radical (unpaired) electrons. The average molecular weight is 139 g/mol. The number of hydrogen-bond acceptors (Lipinski definition) is 1. The fourth-order valence-electron chi connectivity index (χ4n) is 2.56. The minimum atomic E-state index is 0.773. The lowest BCUT2D eigenvalue weighted by Crippen LogP contribution is -2.40. The van der Waals surface area contributed by atoms with E-state index >= 15 is 0 Å². The Hall–Kier alpha value is -0.0400. The van der Waals surface area contributed by atoms with Crippen LogP contribution in [-0.4, -0.2) is 25.0 Å². The molecule has 0 unspecified atom stereocenters. The smallest absolute Gasteiger partial charge is 0.00380 e. The monoisotopic (exact) mass is 139 g/mol. The van der Waals surface area contributed by atoms with Crippen molar-refractivity contribution in [2.45, 2.75) is 26.2 Å². The summed E-state index contributed by atoms with van der Waals surface area (Å²) < 4.78 is 0. The Morgan fingerprint density at radius 2 is 2.20 bits per heavy atom. The molecule has 0 N–H and O–H groups in total. The Morgan fingerprint density at radius 1 is 1.40 bits per heavy atom. The van der Waals surface area contributed by atoms with Crippen LogP contribution in [0.5, 0.6) is 0 Å². The lowest BCUT2D eigenvalue weighted by Gasteiger charge is -2.45. The Labute approximate surface area is 63.4 Å². The van der Waals surface area contributed by atoms with Crippen molar-refractivity contribution in [3.63, 3.8) is 0 Å². The number of nitrogens with zero attached hydrogens (tertiary/aromatic N) is 1. The molecule has 0 aromatic heterocycles. The molecule has 58 valence electrons. The summed E-state index contributed by atoms with van der Waals surface area (Å²) in [5, 5.41) is 0. The summed E-state index contributed by atoms with van der Waals surface area (Å²) in [4.78, 5) is 2.48. The molecule has 10 heavy (non-hydrogen) atoms. The van der Waals surface area contributed by atoms with Crippen molar-refractivity contribution in [1.82, 2.24) is 4.90 Å². The van der Waals surface area contributed by atoms with E-state index in [1.165, 1.54) is 32.4 Å². The highest BCUT2D eigenvalue weighted by molar-refractivity contribution is 4.99. The summed E-state index contributed by atoms with van der Waals surface area (Å²) in [5.41, 5.74) is 0.773. The lowest BCUT2D eigenvalue weighted by molar-refractivity contribution is 0.0566. The van der Waals surface area contributed by atoms with Gasteiger partial charge in [0.15, 0.2) is 0 Å². The largest absolute Gasteiger partial charge is 0.306 e. The van der Waals surface area contributed by atoms with Gasteiger partial charge in [0, 0.05) is 6.54 Å². The summed E-state index contributed by atoms with van der Waals surface area (Å²) >= 11 is 0. The molecule has 0 bridgehead atoms. The van der Waals surface area contributed by atoms with Crippen LogP contribution < -0.4 is 0 Å². The molecule has 1 heteroatoms. The Kier molecular flexibility index (Phi) is 1.31. The fourth-order valence-corrected chi connectivity index (χ4v) is 2.56. The van der Waals surface area contributed by atoms with E-state index < -0.39 is 0 Å². The summed E-state index contributed by atoms with van der Waals surface area (Å²) in [5.74, 6) is 1.01. The number of likely N-dealkylation sites (tertiary alicyclic amines) is 1. The van der Waals surface area contributed by atoms with Gasteiger partial charge >= 0.3 is 0 Å². The first-order valence-electron chi connectivity index (χ1n) is 4.41. The van der Waals surface area contributed by atoms with Crippen LogP contribution in [0.3, 0.4) is 0 Å². The van der Waals surface area contributed by atoms with E-state index in [0.717, 1.165) is 11.3 Å². The molecule has 1 aliphatic carbocycles. The lowest BCUT2D eigenvalue weighted by atomic mass is 9.60. The standard InChI is InChI=1S/C9H17N/c1-8-3-4-9(8)5-6-10(2)7-9/h8H,3-7H2,1-2H3/t8-,9+/m0/s1. The number of rotatable bonds is 0. The second kappa shape index (κ2) is 1.97. The summed E-state index contributed by atoms with van der Waals surface area (Å²) in [6, 6.07) is 0. The Balaban J connectivity index is 2.04. The molecule has 1 spiro atoms. The highest BCUT2D eigenvalue weighted by atomic mass is 15.1. The van der Waals surface area contributed by atoms with E-state index in [9.17, 15) is 0 Å². The zero-order valence-corrected chi connectivity index (χ0v) is 7.06. The third-order valence-electron chi connectivity index (χ3n) is 3.70. The predicted octanol–water partition coefficient (Wildman–Crippen LogP) is 1.74. The SMILES string of the molecule is C[C@H]1CC[C@]12CCN(C)C2. The zero-order valence-electron chi connectivity index (χ0n) is 7.06. The first-order chi connectivity index (χ1) is 4.73. The van der Waals surface area contributed by atoms with E-state index in [1.54, 1.807) is 0 Å². The van der Waals surface area contributed by atoms with Crippen LogP contribution in [0.1, 0.15) is 26.2 Å². The summed E-state index contributed by atoms with van der Waals surface area (Å²) in [6.45, 7) is 5.13. The van der Waals surface area contributed by atoms with Crippen LogP contribution in [0, 0.1) is 11.3 Å². The maximum absolute atomic E-state index is 2.48. The van der Waals surface area contributed by atoms with E-state index in [0.29, 0.717) is 0 Å². The van der Waals surface area contributed by atoms with Gasteiger partial charge in [-0.25, -0.2) is 0 Å². The molecule has 2 atom stereocenters. The van der Waals surface area contributed by atoms with Gasteiger partial charge in [-0.2, -0.15) is 0 Å². The molecule has 2 rings (SSSR count). The average Bonchev–Trinajstić information content (AvgIpc) is 2.31. The van der Waals surface area contributed by atoms with Gasteiger partial charge in [-0.1, -0.05) is 6.92 Å². The van der Waals surface area contributed by atoms with Crippen LogP contribution in [0.2, 0.25) is 0 Å². The Bertz CT molecular complexity index is 144. The van der Waals surface area contributed by atoms with Gasteiger partial charge in [-0.15, -0.1) is 0 Å². The van der Waals surface area contributed by atoms with Crippen molar-refractivity contribution in [2.75, 3.05) is 20.1 Å². The zero-order chi connectivity index (χ0) is 7.19. The molecular weight excluding hydrogens is 122 g/mol. The van der Waals surface area contributed by atoms with Gasteiger partial charge in [-0.3, -0.25) is 0 Å². The first-order valence-corrected chi connectivity index (χ1v) is 4.41. The van der Waals surface area contributed by atoms with Crippen molar-refractivity contribution in [3.8, 4) is 0 Å². The maximum atomic E-state index is 2.48. The molecule has 0 aromatic carbocycles. The molecule has 2 fully saturated rings. The van der Waals surface area contributed by atoms with Crippen LogP contribution in [-0.2, 0) is 0 Å². The molecular formula is C9H17N. The topological polar surface area (TPSA) is 3.24 Å². The molecule has 1 saturated carbocycles. The highest BCUT2D eigenvalue weighted by Gasteiger charge is 2.47. The highest BCUT2D eigenvalue weighted by Crippen LogP contribution is 2.52. The second-order valence-electron chi connectivity index (χ2n) is 4.29. The van der Waals surface area contributed by atoms with Gasteiger partial charge in [0.2, 0.25) is 0 Å². The second-order valence-corrected chi connectivity index (χ2v) is 4.29. The van der Waals surface area contributed by atoms with Gasteiger partial charge in [0.25, 0.3) is 0 Å². The summed E-state index contributed by atoms with van der Waals surface area (Å²) in [7, 11) is 2.25. The predicted molar refractivity (Wildman–Crippen MR) is 42.9 cm³/mol.